The molecule has 2 aromatic heterocycles. The number of carbonyl (C=O) groups is 1. The topological polar surface area (TPSA) is 110 Å². The second-order valence-electron chi connectivity index (χ2n) is 9.92. The van der Waals surface area contributed by atoms with Crippen LogP contribution in [0.4, 0.5) is 0 Å². The zero-order valence-electron chi connectivity index (χ0n) is 21.0. The van der Waals surface area contributed by atoms with Crippen molar-refractivity contribution in [3.05, 3.63) is 60.7 Å². The second kappa shape index (κ2) is 11.5. The van der Waals surface area contributed by atoms with Gasteiger partial charge in [-0.3, -0.25) is 9.78 Å². The van der Waals surface area contributed by atoms with Gasteiger partial charge in [-0.1, -0.05) is 31.0 Å². The molecule has 1 aliphatic heterocycles. The van der Waals surface area contributed by atoms with Crippen LogP contribution in [0.5, 0.6) is 0 Å². The summed E-state index contributed by atoms with van der Waals surface area (Å²) < 4.78 is 30.6. The summed E-state index contributed by atoms with van der Waals surface area (Å²) >= 11 is 0. The summed E-state index contributed by atoms with van der Waals surface area (Å²) in [6.07, 6.45) is 10.1. The molecule has 10 heteroatoms. The van der Waals surface area contributed by atoms with Crippen molar-refractivity contribution < 1.29 is 13.2 Å². The van der Waals surface area contributed by atoms with Crippen molar-refractivity contribution in [2.45, 2.75) is 68.8 Å². The average molecular weight is 523 g/mol. The molecule has 9 nitrogen and oxygen atoms in total. The fourth-order valence-electron chi connectivity index (χ4n) is 5.38. The number of rotatable bonds is 5. The lowest BCUT2D eigenvalue weighted by atomic mass is 9.97. The van der Waals surface area contributed by atoms with Gasteiger partial charge in [-0.05, 0) is 56.4 Å². The molecule has 1 N–H and O–H groups in total. The Balaban J connectivity index is 1.45. The van der Waals surface area contributed by atoms with Gasteiger partial charge in [-0.2, -0.15) is 4.31 Å². The van der Waals surface area contributed by atoms with Gasteiger partial charge in [0, 0.05) is 56.0 Å². The summed E-state index contributed by atoms with van der Waals surface area (Å²) in [5.74, 6) is 1.26. The first kappa shape index (κ1) is 25.5. The molecule has 1 fully saturated rings. The number of hydrogen-bond acceptors (Lipinski definition) is 6. The maximum absolute atomic E-state index is 13.5. The molecule has 1 atom stereocenters. The smallest absolute Gasteiger partial charge is 0.243 e. The van der Waals surface area contributed by atoms with Gasteiger partial charge in [0.15, 0.2) is 5.82 Å². The zero-order chi connectivity index (χ0) is 25.7. The Hall–Kier alpha value is -3.11. The molecule has 0 bridgehead atoms. The van der Waals surface area contributed by atoms with Crippen LogP contribution in [0.25, 0.3) is 11.4 Å². The maximum Gasteiger partial charge on any atom is 0.243 e. The van der Waals surface area contributed by atoms with Crippen LogP contribution >= 0.6 is 0 Å². The minimum Gasteiger partial charge on any atom is -0.353 e. The van der Waals surface area contributed by atoms with Crippen molar-refractivity contribution >= 4 is 15.9 Å². The van der Waals surface area contributed by atoms with Crippen LogP contribution in [0.15, 0.2) is 59.8 Å². The minimum absolute atomic E-state index is 0.0705. The van der Waals surface area contributed by atoms with E-state index in [4.69, 9.17) is 0 Å². The quantitative estimate of drug-likeness (QED) is 0.550. The molecule has 37 heavy (non-hydrogen) atoms. The van der Waals surface area contributed by atoms with Gasteiger partial charge >= 0.3 is 0 Å². The van der Waals surface area contributed by atoms with Crippen LogP contribution in [-0.4, -0.2) is 57.5 Å². The Morgan fingerprint density at radius 2 is 1.70 bits per heavy atom. The highest BCUT2D eigenvalue weighted by molar-refractivity contribution is 7.89. The predicted molar refractivity (Wildman–Crippen MR) is 140 cm³/mol. The van der Waals surface area contributed by atoms with E-state index in [9.17, 15) is 13.2 Å². The van der Waals surface area contributed by atoms with E-state index in [0.717, 1.165) is 31.2 Å². The highest BCUT2D eigenvalue weighted by Gasteiger charge is 2.29. The highest BCUT2D eigenvalue weighted by Crippen LogP contribution is 2.25. The predicted octanol–water partition coefficient (Wildman–Crippen LogP) is 3.43. The lowest BCUT2D eigenvalue weighted by Crippen LogP contribution is -2.38. The third-order valence-electron chi connectivity index (χ3n) is 7.45. The van der Waals surface area contributed by atoms with Crippen molar-refractivity contribution in [1.82, 2.24) is 29.4 Å². The molecule has 1 aliphatic carbocycles. The molecule has 196 valence electrons. The van der Waals surface area contributed by atoms with E-state index in [1.165, 1.54) is 4.31 Å². The molecule has 1 unspecified atom stereocenters. The molecule has 0 radical (unpaired) electrons. The van der Waals surface area contributed by atoms with E-state index in [0.29, 0.717) is 57.0 Å². The van der Waals surface area contributed by atoms with Crippen LogP contribution in [-0.2, 0) is 27.8 Å². The number of hydrogen-bond donors (Lipinski definition) is 1. The standard InChI is InChI=1S/C27H34N6O3S/c34-27(29-23-10-4-5-11-23)21-9-7-17-32(37(35,36)24-12-2-1-3-13-24)18-15-25-30-31-26(33(25)19-14-21)22-8-6-16-28-20-22/h1-3,6,8,12-13,16,20-21,23H,4-5,7,9-11,14-15,17-19H2,(H,29,34). The normalized spacial score (nSPS) is 20.2. The number of benzene rings is 1. The molecule has 2 aliphatic rings. The molecule has 1 amide bonds. The van der Waals surface area contributed by atoms with Gasteiger partial charge < -0.3 is 9.88 Å². The Labute approximate surface area is 218 Å². The van der Waals surface area contributed by atoms with Crippen molar-refractivity contribution in [2.75, 3.05) is 13.1 Å². The summed E-state index contributed by atoms with van der Waals surface area (Å²) in [5.41, 5.74) is 0.844. The minimum atomic E-state index is -3.68. The SMILES string of the molecule is O=C(NC1CCCC1)C1CCCN(S(=O)(=O)c2ccccc2)CCc2nnc(-c3cccnc3)n2CC1. The van der Waals surface area contributed by atoms with Crippen LogP contribution in [0, 0.1) is 5.92 Å². The molecular weight excluding hydrogens is 488 g/mol. The summed E-state index contributed by atoms with van der Waals surface area (Å²) in [6, 6.07) is 12.6. The molecule has 1 saturated carbocycles. The molecular formula is C27H34N6O3S. The number of pyridine rings is 1. The molecule has 3 heterocycles. The number of amides is 1. The number of nitrogens with one attached hydrogen (secondary N) is 1. The van der Waals surface area contributed by atoms with Gasteiger partial charge in [0.25, 0.3) is 0 Å². The Kier molecular flexibility index (Phi) is 7.95. The third kappa shape index (κ3) is 5.91. The van der Waals surface area contributed by atoms with Crippen molar-refractivity contribution in [1.29, 1.82) is 0 Å². The van der Waals surface area contributed by atoms with E-state index in [-0.39, 0.29) is 22.8 Å². The zero-order valence-corrected chi connectivity index (χ0v) is 21.8. The molecule has 1 aromatic carbocycles. The fourth-order valence-corrected chi connectivity index (χ4v) is 6.88. The van der Waals surface area contributed by atoms with Gasteiger partial charge in [0.2, 0.25) is 15.9 Å². The van der Waals surface area contributed by atoms with Gasteiger partial charge in [-0.15, -0.1) is 10.2 Å². The summed E-state index contributed by atoms with van der Waals surface area (Å²) in [6.45, 7) is 1.23. The number of fused-ring (bicyclic) bond motifs is 1. The van der Waals surface area contributed by atoms with E-state index >= 15 is 0 Å². The number of sulfonamides is 1. The van der Waals surface area contributed by atoms with Gasteiger partial charge in [0.1, 0.15) is 5.82 Å². The Morgan fingerprint density at radius 3 is 2.46 bits per heavy atom. The van der Waals surface area contributed by atoms with Crippen molar-refractivity contribution in [2.24, 2.45) is 5.92 Å². The number of carbonyl (C=O) groups excluding carboxylic acids is 1. The summed E-state index contributed by atoms with van der Waals surface area (Å²) in [4.78, 5) is 17.8. The lowest BCUT2D eigenvalue weighted by molar-refractivity contribution is -0.126. The van der Waals surface area contributed by atoms with Gasteiger partial charge in [-0.25, -0.2) is 8.42 Å². The van der Waals surface area contributed by atoms with E-state index in [2.05, 4.69) is 20.5 Å². The van der Waals surface area contributed by atoms with Crippen LogP contribution in [0.1, 0.15) is 50.8 Å². The molecule has 5 rings (SSSR count). The van der Waals surface area contributed by atoms with Crippen LogP contribution in [0.3, 0.4) is 0 Å². The number of aromatic nitrogens is 4. The first-order chi connectivity index (χ1) is 18.0. The second-order valence-corrected chi connectivity index (χ2v) is 11.9. The lowest BCUT2D eigenvalue weighted by Gasteiger charge is -2.23. The average Bonchev–Trinajstić information content (AvgIpc) is 3.57. The van der Waals surface area contributed by atoms with E-state index < -0.39 is 10.0 Å². The maximum atomic E-state index is 13.5. The van der Waals surface area contributed by atoms with Crippen molar-refractivity contribution in [3.8, 4) is 11.4 Å². The third-order valence-corrected chi connectivity index (χ3v) is 9.36. The largest absolute Gasteiger partial charge is 0.353 e. The van der Waals surface area contributed by atoms with Crippen LogP contribution in [0.2, 0.25) is 0 Å². The van der Waals surface area contributed by atoms with Gasteiger partial charge in [0.05, 0.1) is 4.90 Å². The fraction of sp³-hybridized carbons (Fsp3) is 0.481. The first-order valence-corrected chi connectivity index (χ1v) is 14.6. The summed E-state index contributed by atoms with van der Waals surface area (Å²) in [7, 11) is -3.68. The van der Waals surface area contributed by atoms with E-state index in [1.807, 2.05) is 22.8 Å². The summed E-state index contributed by atoms with van der Waals surface area (Å²) in [5, 5.41) is 12.1. The molecule has 0 saturated heterocycles. The molecule has 0 spiro atoms. The van der Waals surface area contributed by atoms with E-state index in [1.54, 1.807) is 36.7 Å². The molecule has 3 aromatic rings. The first-order valence-electron chi connectivity index (χ1n) is 13.2. The van der Waals surface area contributed by atoms with Crippen molar-refractivity contribution in [3.63, 3.8) is 0 Å². The van der Waals surface area contributed by atoms with Crippen LogP contribution < -0.4 is 5.32 Å². The monoisotopic (exact) mass is 522 g/mol. The Bertz CT molecular complexity index is 1290. The Morgan fingerprint density at radius 1 is 0.892 bits per heavy atom. The highest BCUT2D eigenvalue weighted by atomic mass is 32.2. The number of nitrogens with zero attached hydrogens (tertiary/aromatic N) is 5.